The molecule has 1 aromatic rings. The Kier molecular flexibility index (Phi) is 5.91. The van der Waals surface area contributed by atoms with Gasteiger partial charge >= 0.3 is 0 Å². The molecule has 3 nitrogen and oxygen atoms in total. The Morgan fingerprint density at radius 3 is 2.79 bits per heavy atom. The van der Waals surface area contributed by atoms with E-state index in [9.17, 15) is 0 Å². The van der Waals surface area contributed by atoms with Crippen molar-refractivity contribution in [3.63, 3.8) is 0 Å². The fourth-order valence-electron chi connectivity index (χ4n) is 1.12. The smallest absolute Gasteiger partial charge is 0.184 e. The van der Waals surface area contributed by atoms with Crippen LogP contribution in [0.15, 0.2) is 5.38 Å². The van der Waals surface area contributed by atoms with Crippen molar-refractivity contribution in [3.8, 4) is 0 Å². The normalized spacial score (nSPS) is 10.4. The van der Waals surface area contributed by atoms with Gasteiger partial charge in [-0.05, 0) is 12.8 Å². The Balaban J connectivity index is 1.99. The number of hydrogen-bond acceptors (Lipinski definition) is 4. The van der Waals surface area contributed by atoms with Gasteiger partial charge in [0.05, 0.1) is 0 Å². The molecule has 0 fully saturated rings. The highest BCUT2D eigenvalue weighted by Crippen LogP contribution is 2.18. The molecule has 0 amide bonds. The molecule has 0 aromatic carbocycles. The van der Waals surface area contributed by atoms with Crippen molar-refractivity contribution in [2.24, 2.45) is 0 Å². The molecule has 0 bridgehead atoms. The summed E-state index contributed by atoms with van der Waals surface area (Å²) in [6.07, 6.45) is 4.25. The van der Waals surface area contributed by atoms with Crippen LogP contribution in [0.2, 0.25) is 5.15 Å². The van der Waals surface area contributed by atoms with Gasteiger partial charge in [0.25, 0.3) is 0 Å². The molecule has 0 saturated carbocycles. The molecule has 0 spiro atoms. The zero-order valence-electron chi connectivity index (χ0n) is 8.00. The lowest BCUT2D eigenvalue weighted by Gasteiger charge is -2.01. The SMILES string of the molecule is OCCCCCCNc1nc(Cl)cs1. The van der Waals surface area contributed by atoms with Gasteiger partial charge in [-0.25, -0.2) is 4.98 Å². The Morgan fingerprint density at radius 2 is 2.14 bits per heavy atom. The summed E-state index contributed by atoms with van der Waals surface area (Å²) in [4.78, 5) is 4.08. The number of aliphatic hydroxyl groups is 1. The Labute approximate surface area is 93.1 Å². The van der Waals surface area contributed by atoms with Crippen molar-refractivity contribution in [2.75, 3.05) is 18.5 Å². The van der Waals surface area contributed by atoms with Gasteiger partial charge in [0, 0.05) is 18.5 Å². The van der Waals surface area contributed by atoms with Crippen LogP contribution in [-0.2, 0) is 0 Å². The number of rotatable bonds is 7. The minimum Gasteiger partial charge on any atom is -0.396 e. The van der Waals surface area contributed by atoms with Crippen molar-refractivity contribution in [1.82, 2.24) is 4.98 Å². The van der Waals surface area contributed by atoms with Crippen LogP contribution in [0.1, 0.15) is 25.7 Å². The van der Waals surface area contributed by atoms with E-state index in [0.717, 1.165) is 37.4 Å². The number of thiazole rings is 1. The zero-order valence-corrected chi connectivity index (χ0v) is 9.57. The maximum absolute atomic E-state index is 8.56. The fourth-order valence-corrected chi connectivity index (χ4v) is 1.99. The fraction of sp³-hybridized carbons (Fsp3) is 0.667. The van der Waals surface area contributed by atoms with Crippen LogP contribution in [0.3, 0.4) is 0 Å². The van der Waals surface area contributed by atoms with Gasteiger partial charge in [-0.1, -0.05) is 24.4 Å². The summed E-state index contributed by atoms with van der Waals surface area (Å²) >= 11 is 7.20. The van der Waals surface area contributed by atoms with Crippen LogP contribution in [0.25, 0.3) is 0 Å². The molecule has 0 atom stereocenters. The van der Waals surface area contributed by atoms with Gasteiger partial charge in [0.1, 0.15) is 5.15 Å². The molecular weight excluding hydrogens is 220 g/mol. The first kappa shape index (κ1) is 11.8. The summed E-state index contributed by atoms with van der Waals surface area (Å²) in [7, 11) is 0. The number of aliphatic hydroxyl groups excluding tert-OH is 1. The summed E-state index contributed by atoms with van der Waals surface area (Å²) in [6, 6.07) is 0. The monoisotopic (exact) mass is 234 g/mol. The second kappa shape index (κ2) is 7.04. The van der Waals surface area contributed by atoms with Gasteiger partial charge in [-0.2, -0.15) is 0 Å². The van der Waals surface area contributed by atoms with Crippen LogP contribution < -0.4 is 5.32 Å². The highest BCUT2D eigenvalue weighted by molar-refractivity contribution is 7.14. The molecule has 80 valence electrons. The summed E-state index contributed by atoms with van der Waals surface area (Å²) in [5.41, 5.74) is 0. The minimum atomic E-state index is 0.301. The molecule has 0 unspecified atom stereocenters. The van der Waals surface area contributed by atoms with E-state index in [-0.39, 0.29) is 0 Å². The molecule has 0 aliphatic heterocycles. The largest absolute Gasteiger partial charge is 0.396 e. The molecule has 14 heavy (non-hydrogen) atoms. The Morgan fingerprint density at radius 1 is 1.36 bits per heavy atom. The van der Waals surface area contributed by atoms with E-state index in [2.05, 4.69) is 10.3 Å². The molecule has 0 saturated heterocycles. The first-order valence-corrected chi connectivity index (χ1v) is 6.04. The van der Waals surface area contributed by atoms with Crippen molar-refractivity contribution in [3.05, 3.63) is 10.5 Å². The average Bonchev–Trinajstić information content (AvgIpc) is 2.58. The summed E-state index contributed by atoms with van der Waals surface area (Å²) < 4.78 is 0. The van der Waals surface area contributed by atoms with Crippen LogP contribution in [0, 0.1) is 0 Å². The average molecular weight is 235 g/mol. The van der Waals surface area contributed by atoms with E-state index < -0.39 is 0 Å². The second-order valence-electron chi connectivity index (χ2n) is 3.04. The van der Waals surface area contributed by atoms with Crippen molar-refractivity contribution < 1.29 is 5.11 Å². The number of halogens is 1. The Bertz CT molecular complexity index is 255. The maximum atomic E-state index is 8.56. The highest BCUT2D eigenvalue weighted by atomic mass is 35.5. The third kappa shape index (κ3) is 4.79. The van der Waals surface area contributed by atoms with Crippen molar-refractivity contribution in [2.45, 2.75) is 25.7 Å². The van der Waals surface area contributed by atoms with E-state index in [1.54, 1.807) is 0 Å². The molecule has 0 radical (unpaired) electrons. The molecule has 0 aliphatic carbocycles. The molecule has 1 aromatic heterocycles. The summed E-state index contributed by atoms with van der Waals surface area (Å²) in [6.45, 7) is 1.23. The van der Waals surface area contributed by atoms with Crippen LogP contribution in [-0.4, -0.2) is 23.2 Å². The van der Waals surface area contributed by atoms with Crippen LogP contribution >= 0.6 is 22.9 Å². The van der Waals surface area contributed by atoms with Gasteiger partial charge < -0.3 is 10.4 Å². The standard InChI is InChI=1S/C9H15ClN2OS/c10-8-7-14-9(12-8)11-5-3-1-2-4-6-13/h7,13H,1-6H2,(H,11,12). The van der Waals surface area contributed by atoms with Gasteiger partial charge in [-0.15, -0.1) is 11.3 Å². The van der Waals surface area contributed by atoms with E-state index in [0.29, 0.717) is 11.8 Å². The van der Waals surface area contributed by atoms with Crippen LogP contribution in [0.5, 0.6) is 0 Å². The zero-order chi connectivity index (χ0) is 10.2. The predicted octanol–water partition coefficient (Wildman–Crippen LogP) is 2.76. The van der Waals surface area contributed by atoms with Crippen LogP contribution in [0.4, 0.5) is 5.13 Å². The number of nitrogens with one attached hydrogen (secondary N) is 1. The lowest BCUT2D eigenvalue weighted by molar-refractivity contribution is 0.283. The van der Waals surface area contributed by atoms with E-state index in [4.69, 9.17) is 16.7 Å². The maximum Gasteiger partial charge on any atom is 0.184 e. The van der Waals surface area contributed by atoms with Gasteiger partial charge in [0.2, 0.25) is 0 Å². The first-order chi connectivity index (χ1) is 6.83. The third-order valence-corrected chi connectivity index (χ3v) is 2.96. The number of aromatic nitrogens is 1. The third-order valence-electron chi connectivity index (χ3n) is 1.84. The summed E-state index contributed by atoms with van der Waals surface area (Å²) in [5.74, 6) is 0. The number of hydrogen-bond donors (Lipinski definition) is 2. The van der Waals surface area contributed by atoms with Gasteiger partial charge in [0.15, 0.2) is 5.13 Å². The molecule has 1 rings (SSSR count). The van der Waals surface area contributed by atoms with Gasteiger partial charge in [-0.3, -0.25) is 0 Å². The number of nitrogens with zero attached hydrogens (tertiary/aromatic N) is 1. The minimum absolute atomic E-state index is 0.301. The molecular formula is C9H15ClN2OS. The molecule has 1 heterocycles. The quantitative estimate of drug-likeness (QED) is 0.714. The molecule has 2 N–H and O–H groups in total. The molecule has 5 heteroatoms. The number of unbranched alkanes of at least 4 members (excludes halogenated alkanes) is 3. The second-order valence-corrected chi connectivity index (χ2v) is 4.29. The van der Waals surface area contributed by atoms with E-state index in [1.807, 2.05) is 5.38 Å². The predicted molar refractivity (Wildman–Crippen MR) is 61.2 cm³/mol. The lowest BCUT2D eigenvalue weighted by Crippen LogP contribution is -2.00. The van der Waals surface area contributed by atoms with Crippen molar-refractivity contribution in [1.29, 1.82) is 0 Å². The summed E-state index contributed by atoms with van der Waals surface area (Å²) in [5, 5.41) is 15.0. The topological polar surface area (TPSA) is 45.1 Å². The molecule has 0 aliphatic rings. The van der Waals surface area contributed by atoms with E-state index >= 15 is 0 Å². The lowest BCUT2D eigenvalue weighted by atomic mass is 10.2. The Hall–Kier alpha value is -0.320. The highest BCUT2D eigenvalue weighted by Gasteiger charge is 1.97. The first-order valence-electron chi connectivity index (χ1n) is 4.78. The van der Waals surface area contributed by atoms with E-state index in [1.165, 1.54) is 11.3 Å². The number of anilines is 1. The van der Waals surface area contributed by atoms with Crippen molar-refractivity contribution >= 4 is 28.1 Å².